The first-order valence-electron chi connectivity index (χ1n) is 8.65. The van der Waals surface area contributed by atoms with Crippen molar-refractivity contribution >= 4 is 11.0 Å². The van der Waals surface area contributed by atoms with E-state index in [1.807, 2.05) is 6.07 Å². The molecule has 1 aromatic heterocycles. The molecule has 0 unspecified atom stereocenters. The molecular weight excluding hydrogens is 314 g/mol. The first kappa shape index (κ1) is 15.9. The van der Waals surface area contributed by atoms with E-state index in [0.29, 0.717) is 18.2 Å². The summed E-state index contributed by atoms with van der Waals surface area (Å²) in [5.41, 5.74) is 3.79. The molecule has 4 heteroatoms. The molecule has 1 heterocycles. The van der Waals surface area contributed by atoms with E-state index in [0.717, 1.165) is 23.8 Å². The molecule has 2 aromatic carbocycles. The van der Waals surface area contributed by atoms with Gasteiger partial charge in [-0.3, -0.25) is 4.90 Å². The van der Waals surface area contributed by atoms with Gasteiger partial charge in [-0.05, 0) is 55.1 Å². The van der Waals surface area contributed by atoms with Gasteiger partial charge in [-0.1, -0.05) is 24.3 Å². The summed E-state index contributed by atoms with van der Waals surface area (Å²) in [5, 5.41) is 10.5. The second kappa shape index (κ2) is 6.37. The van der Waals surface area contributed by atoms with Crippen molar-refractivity contribution in [2.75, 3.05) is 7.05 Å². The third-order valence-electron chi connectivity index (χ3n) is 5.10. The summed E-state index contributed by atoms with van der Waals surface area (Å²) in [7, 11) is 2.10. The molecule has 0 saturated carbocycles. The Hall–Kier alpha value is -2.59. The molecule has 0 spiro atoms. The second-order valence-electron chi connectivity index (χ2n) is 6.79. The fourth-order valence-corrected chi connectivity index (χ4v) is 3.91. The van der Waals surface area contributed by atoms with Crippen molar-refractivity contribution in [2.24, 2.45) is 0 Å². The topological polar surface area (TPSA) is 53.7 Å². The lowest BCUT2D eigenvalue weighted by Gasteiger charge is -2.33. The zero-order valence-electron chi connectivity index (χ0n) is 14.2. The molecule has 4 nitrogen and oxygen atoms in total. The minimum Gasteiger partial charge on any atom is -0.508 e. The van der Waals surface area contributed by atoms with E-state index in [4.69, 9.17) is 4.42 Å². The van der Waals surface area contributed by atoms with Gasteiger partial charge < -0.3 is 9.52 Å². The van der Waals surface area contributed by atoms with Crippen LogP contribution in [0.15, 0.2) is 57.7 Å². The lowest BCUT2D eigenvalue weighted by molar-refractivity contribution is 0.213. The van der Waals surface area contributed by atoms with Crippen molar-refractivity contribution in [3.63, 3.8) is 0 Å². The SMILES string of the molecule is CN(Cc1cc(=O)oc2cc(O)ccc12)[C@H]1CCCc2ccccc21. The van der Waals surface area contributed by atoms with Gasteiger partial charge in [-0.2, -0.15) is 0 Å². The highest BCUT2D eigenvalue weighted by atomic mass is 16.4. The lowest BCUT2D eigenvalue weighted by atomic mass is 9.87. The maximum absolute atomic E-state index is 11.9. The molecule has 3 aromatic rings. The standard InChI is InChI=1S/C21H21NO3/c1-22(19-8-4-6-14-5-2-3-7-17(14)19)13-15-11-21(24)25-20-12-16(23)9-10-18(15)20/h2-3,5,7,9-12,19,23H,4,6,8,13H2,1H3/t19-/m0/s1. The fraction of sp³-hybridized carbons (Fsp3) is 0.286. The summed E-state index contributed by atoms with van der Waals surface area (Å²) >= 11 is 0. The molecule has 0 fully saturated rings. The van der Waals surface area contributed by atoms with E-state index in [9.17, 15) is 9.90 Å². The van der Waals surface area contributed by atoms with Gasteiger partial charge in [0.05, 0.1) is 0 Å². The van der Waals surface area contributed by atoms with Crippen molar-refractivity contribution in [1.29, 1.82) is 0 Å². The highest BCUT2D eigenvalue weighted by Crippen LogP contribution is 2.34. The Morgan fingerprint density at radius 1 is 1.20 bits per heavy atom. The average molecular weight is 335 g/mol. The van der Waals surface area contributed by atoms with Crippen molar-refractivity contribution in [2.45, 2.75) is 31.8 Å². The third-order valence-corrected chi connectivity index (χ3v) is 5.10. The van der Waals surface area contributed by atoms with Crippen LogP contribution >= 0.6 is 0 Å². The van der Waals surface area contributed by atoms with Gasteiger partial charge in [0.15, 0.2) is 0 Å². The number of rotatable bonds is 3. The predicted molar refractivity (Wildman–Crippen MR) is 97.7 cm³/mol. The third kappa shape index (κ3) is 3.05. The molecule has 0 radical (unpaired) electrons. The lowest BCUT2D eigenvalue weighted by Crippen LogP contribution is -2.27. The second-order valence-corrected chi connectivity index (χ2v) is 6.79. The molecule has 0 aliphatic heterocycles. The van der Waals surface area contributed by atoms with Crippen LogP contribution in [-0.4, -0.2) is 17.1 Å². The zero-order chi connectivity index (χ0) is 17.4. The first-order chi connectivity index (χ1) is 12.1. The average Bonchev–Trinajstić information content (AvgIpc) is 2.60. The molecular formula is C21H21NO3. The van der Waals surface area contributed by atoms with Crippen molar-refractivity contribution < 1.29 is 9.52 Å². The van der Waals surface area contributed by atoms with Crippen LogP contribution in [0.4, 0.5) is 0 Å². The van der Waals surface area contributed by atoms with Crippen LogP contribution in [0.3, 0.4) is 0 Å². The maximum Gasteiger partial charge on any atom is 0.336 e. The van der Waals surface area contributed by atoms with E-state index in [2.05, 4.69) is 36.2 Å². The Bertz CT molecular complexity index is 976. The van der Waals surface area contributed by atoms with E-state index in [1.165, 1.54) is 23.6 Å². The monoisotopic (exact) mass is 335 g/mol. The Balaban J connectivity index is 1.69. The molecule has 25 heavy (non-hydrogen) atoms. The summed E-state index contributed by atoms with van der Waals surface area (Å²) in [6, 6.07) is 15.5. The number of phenolic OH excluding ortho intramolecular Hbond substituents is 1. The molecule has 0 bridgehead atoms. The van der Waals surface area contributed by atoms with E-state index >= 15 is 0 Å². The number of benzene rings is 2. The number of aromatic hydroxyl groups is 1. The first-order valence-corrected chi connectivity index (χ1v) is 8.65. The van der Waals surface area contributed by atoms with Crippen LogP contribution < -0.4 is 5.63 Å². The van der Waals surface area contributed by atoms with Crippen LogP contribution in [0.2, 0.25) is 0 Å². The van der Waals surface area contributed by atoms with Crippen molar-refractivity contribution in [3.05, 3.63) is 75.6 Å². The Morgan fingerprint density at radius 2 is 2.04 bits per heavy atom. The zero-order valence-corrected chi connectivity index (χ0v) is 14.2. The Labute approximate surface area is 146 Å². The van der Waals surface area contributed by atoms with Gasteiger partial charge >= 0.3 is 5.63 Å². The predicted octanol–water partition coefficient (Wildman–Crippen LogP) is 4.01. The smallest absolute Gasteiger partial charge is 0.336 e. The van der Waals surface area contributed by atoms with Crippen molar-refractivity contribution in [1.82, 2.24) is 4.90 Å². The number of nitrogens with zero attached hydrogens (tertiary/aromatic N) is 1. The molecule has 4 rings (SSSR count). The highest BCUT2D eigenvalue weighted by molar-refractivity contribution is 5.81. The Morgan fingerprint density at radius 3 is 2.92 bits per heavy atom. The number of fused-ring (bicyclic) bond motifs is 2. The molecule has 1 atom stereocenters. The van der Waals surface area contributed by atoms with E-state index < -0.39 is 0 Å². The largest absolute Gasteiger partial charge is 0.508 e. The number of phenols is 1. The molecule has 1 N–H and O–H groups in total. The highest BCUT2D eigenvalue weighted by Gasteiger charge is 2.24. The van der Waals surface area contributed by atoms with Gasteiger partial charge in [-0.25, -0.2) is 4.79 Å². The van der Waals surface area contributed by atoms with E-state index in [-0.39, 0.29) is 11.4 Å². The molecule has 1 aliphatic carbocycles. The van der Waals surface area contributed by atoms with Gasteiger partial charge in [-0.15, -0.1) is 0 Å². The fourth-order valence-electron chi connectivity index (χ4n) is 3.91. The van der Waals surface area contributed by atoms with Crippen LogP contribution in [0.25, 0.3) is 11.0 Å². The van der Waals surface area contributed by atoms with Gasteiger partial charge in [0.1, 0.15) is 11.3 Å². The normalized spacial score (nSPS) is 17.0. The summed E-state index contributed by atoms with van der Waals surface area (Å²) in [6.45, 7) is 0.659. The van der Waals surface area contributed by atoms with Crippen LogP contribution in [-0.2, 0) is 13.0 Å². The number of aryl methyl sites for hydroxylation is 1. The summed E-state index contributed by atoms with van der Waals surface area (Å²) in [4.78, 5) is 14.2. The minimum atomic E-state index is -0.384. The van der Waals surface area contributed by atoms with Gasteiger partial charge in [0.2, 0.25) is 0 Å². The minimum absolute atomic E-state index is 0.0994. The summed E-state index contributed by atoms with van der Waals surface area (Å²) < 4.78 is 5.23. The summed E-state index contributed by atoms with van der Waals surface area (Å²) in [5.74, 6) is 0.0994. The number of hydrogen-bond acceptors (Lipinski definition) is 4. The summed E-state index contributed by atoms with van der Waals surface area (Å²) in [6.07, 6.45) is 3.43. The van der Waals surface area contributed by atoms with Crippen molar-refractivity contribution in [3.8, 4) is 5.75 Å². The molecule has 128 valence electrons. The van der Waals surface area contributed by atoms with Gasteiger partial charge in [0, 0.05) is 30.1 Å². The Kier molecular flexibility index (Phi) is 4.06. The van der Waals surface area contributed by atoms with Crippen LogP contribution in [0.1, 0.15) is 35.6 Å². The quantitative estimate of drug-likeness (QED) is 0.735. The van der Waals surface area contributed by atoms with Crippen LogP contribution in [0, 0.1) is 0 Å². The number of hydrogen-bond donors (Lipinski definition) is 1. The molecule has 0 amide bonds. The maximum atomic E-state index is 11.9. The van der Waals surface area contributed by atoms with Gasteiger partial charge in [0.25, 0.3) is 0 Å². The van der Waals surface area contributed by atoms with Crippen LogP contribution in [0.5, 0.6) is 5.75 Å². The molecule has 1 aliphatic rings. The van der Waals surface area contributed by atoms with E-state index in [1.54, 1.807) is 12.1 Å². The molecule has 0 saturated heterocycles.